The average molecular weight is 393 g/mol. The molecular weight excluding hydrogens is 370 g/mol. The molecule has 6 nitrogen and oxygen atoms in total. The Morgan fingerprint density at radius 1 is 1.10 bits per heavy atom. The maximum atomic E-state index is 13.2. The molecule has 2 aromatic rings. The topological polar surface area (TPSA) is 76.1 Å². The Morgan fingerprint density at radius 2 is 1.83 bits per heavy atom. The number of Topliss-reactive ketones (excluding diaryl/α,β-unsaturated/α-hetero) is 1. The largest absolute Gasteiger partial charge is 0.503 e. The molecule has 150 valence electrons. The van der Waals surface area contributed by atoms with Gasteiger partial charge >= 0.3 is 0 Å². The van der Waals surface area contributed by atoms with Gasteiger partial charge in [-0.1, -0.05) is 50.6 Å². The van der Waals surface area contributed by atoms with Crippen molar-refractivity contribution in [2.75, 3.05) is 11.7 Å². The van der Waals surface area contributed by atoms with Crippen LogP contribution >= 0.6 is 0 Å². The summed E-state index contributed by atoms with van der Waals surface area (Å²) in [7, 11) is 0. The summed E-state index contributed by atoms with van der Waals surface area (Å²) in [6, 6.07) is 12.0. The number of hydrogen-bond donors (Lipinski definition) is 1. The number of fused-ring (bicyclic) bond motifs is 1. The predicted octanol–water partition coefficient (Wildman–Crippen LogP) is 4.24. The van der Waals surface area contributed by atoms with Gasteiger partial charge in [0.1, 0.15) is 0 Å². The van der Waals surface area contributed by atoms with Crippen LogP contribution in [0.5, 0.6) is 11.5 Å². The molecule has 0 fully saturated rings. The first-order valence-corrected chi connectivity index (χ1v) is 9.46. The van der Waals surface area contributed by atoms with Crippen LogP contribution in [0.25, 0.3) is 0 Å². The van der Waals surface area contributed by atoms with Crippen LogP contribution in [0, 0.1) is 12.3 Å². The number of ketones is 1. The van der Waals surface area contributed by atoms with E-state index in [0.29, 0.717) is 17.2 Å². The van der Waals surface area contributed by atoms with Gasteiger partial charge in [-0.05, 0) is 24.6 Å². The van der Waals surface area contributed by atoms with Gasteiger partial charge in [-0.25, -0.2) is 0 Å². The molecule has 6 heteroatoms. The summed E-state index contributed by atoms with van der Waals surface area (Å²) in [6.45, 7) is 7.38. The number of anilines is 1. The van der Waals surface area contributed by atoms with Gasteiger partial charge in [-0.15, -0.1) is 0 Å². The lowest BCUT2D eigenvalue weighted by Gasteiger charge is -2.29. The van der Waals surface area contributed by atoms with Gasteiger partial charge in [0.05, 0.1) is 11.6 Å². The van der Waals surface area contributed by atoms with E-state index in [9.17, 15) is 14.7 Å². The predicted molar refractivity (Wildman–Crippen MR) is 108 cm³/mol. The molecule has 2 aliphatic heterocycles. The number of rotatable bonds is 3. The molecule has 0 aliphatic carbocycles. The van der Waals surface area contributed by atoms with Gasteiger partial charge in [0.15, 0.2) is 23.0 Å². The van der Waals surface area contributed by atoms with Crippen LogP contribution < -0.4 is 14.4 Å². The van der Waals surface area contributed by atoms with Crippen molar-refractivity contribution in [1.29, 1.82) is 0 Å². The van der Waals surface area contributed by atoms with E-state index < -0.39 is 23.1 Å². The Balaban J connectivity index is 1.89. The van der Waals surface area contributed by atoms with Crippen molar-refractivity contribution in [3.05, 3.63) is 64.9 Å². The summed E-state index contributed by atoms with van der Waals surface area (Å²) in [4.78, 5) is 27.8. The number of aryl methyl sites for hydroxylation is 1. The first kappa shape index (κ1) is 19.1. The molecule has 0 bridgehead atoms. The molecule has 2 aliphatic rings. The fourth-order valence-electron chi connectivity index (χ4n) is 3.70. The van der Waals surface area contributed by atoms with E-state index >= 15 is 0 Å². The number of hydrogen-bond acceptors (Lipinski definition) is 5. The number of nitrogens with zero attached hydrogens (tertiary/aromatic N) is 1. The van der Waals surface area contributed by atoms with E-state index in [2.05, 4.69) is 0 Å². The van der Waals surface area contributed by atoms with Crippen molar-refractivity contribution in [2.24, 2.45) is 5.41 Å². The maximum Gasteiger partial charge on any atom is 0.294 e. The number of amides is 1. The smallest absolute Gasteiger partial charge is 0.294 e. The quantitative estimate of drug-likeness (QED) is 0.844. The third-order valence-corrected chi connectivity index (χ3v) is 5.13. The molecule has 0 spiro atoms. The lowest BCUT2D eigenvalue weighted by atomic mass is 9.82. The first-order valence-electron chi connectivity index (χ1n) is 9.46. The highest BCUT2D eigenvalue weighted by molar-refractivity contribution is 6.17. The molecule has 2 heterocycles. The highest BCUT2D eigenvalue weighted by Gasteiger charge is 2.46. The Morgan fingerprint density at radius 3 is 2.52 bits per heavy atom. The summed E-state index contributed by atoms with van der Waals surface area (Å²) >= 11 is 0. The minimum Gasteiger partial charge on any atom is -0.503 e. The molecule has 1 amide bonds. The lowest BCUT2D eigenvalue weighted by Crippen LogP contribution is -2.32. The van der Waals surface area contributed by atoms with Gasteiger partial charge in [-0.3, -0.25) is 14.5 Å². The zero-order chi connectivity index (χ0) is 20.9. The van der Waals surface area contributed by atoms with Crippen LogP contribution in [0.1, 0.15) is 37.9 Å². The summed E-state index contributed by atoms with van der Waals surface area (Å²) in [5, 5.41) is 10.7. The molecule has 1 atom stereocenters. The summed E-state index contributed by atoms with van der Waals surface area (Å²) in [5.41, 5.74) is 1.64. The molecule has 2 aromatic carbocycles. The van der Waals surface area contributed by atoms with Gasteiger partial charge in [0.2, 0.25) is 6.79 Å². The van der Waals surface area contributed by atoms with E-state index in [0.717, 1.165) is 11.1 Å². The van der Waals surface area contributed by atoms with Gasteiger partial charge in [0.25, 0.3) is 5.91 Å². The number of ether oxygens (including phenoxy) is 2. The Labute approximate surface area is 169 Å². The van der Waals surface area contributed by atoms with E-state index in [-0.39, 0.29) is 18.1 Å². The van der Waals surface area contributed by atoms with Crippen LogP contribution in [0.15, 0.2) is 53.8 Å². The molecule has 0 saturated carbocycles. The van der Waals surface area contributed by atoms with Gasteiger partial charge in [0, 0.05) is 17.2 Å². The van der Waals surface area contributed by atoms with Crippen LogP contribution in [0.4, 0.5) is 5.69 Å². The van der Waals surface area contributed by atoms with Crippen LogP contribution in [0.3, 0.4) is 0 Å². The van der Waals surface area contributed by atoms with Crippen LogP contribution in [-0.4, -0.2) is 23.6 Å². The summed E-state index contributed by atoms with van der Waals surface area (Å²) in [6.07, 6.45) is 0. The summed E-state index contributed by atoms with van der Waals surface area (Å²) in [5.74, 6) is -0.265. The molecular formula is C23H23NO5. The third-order valence-electron chi connectivity index (χ3n) is 5.13. The van der Waals surface area contributed by atoms with Crippen molar-refractivity contribution in [3.8, 4) is 11.5 Å². The summed E-state index contributed by atoms with van der Waals surface area (Å²) < 4.78 is 10.8. The fourth-order valence-corrected chi connectivity index (χ4v) is 3.70. The van der Waals surface area contributed by atoms with Crippen LogP contribution in [-0.2, 0) is 9.59 Å². The number of aliphatic hydroxyl groups excluding tert-OH is 1. The minimum atomic E-state index is -0.753. The van der Waals surface area contributed by atoms with Crippen molar-refractivity contribution in [2.45, 2.75) is 33.7 Å². The van der Waals surface area contributed by atoms with Crippen molar-refractivity contribution in [3.63, 3.8) is 0 Å². The highest BCUT2D eigenvalue weighted by atomic mass is 16.7. The molecule has 0 aromatic heterocycles. The molecule has 4 rings (SSSR count). The van der Waals surface area contributed by atoms with E-state index in [4.69, 9.17) is 9.47 Å². The Hall–Kier alpha value is -3.28. The molecule has 0 saturated heterocycles. The van der Waals surface area contributed by atoms with E-state index in [1.54, 1.807) is 39.0 Å². The number of carbonyl (C=O) groups excluding carboxylic acids is 2. The zero-order valence-electron chi connectivity index (χ0n) is 16.9. The maximum absolute atomic E-state index is 13.2. The molecule has 0 radical (unpaired) electrons. The second-order valence-electron chi connectivity index (χ2n) is 8.37. The fraction of sp³-hybridized carbons (Fsp3) is 0.304. The highest BCUT2D eigenvalue weighted by Crippen LogP contribution is 2.45. The monoisotopic (exact) mass is 393 g/mol. The van der Waals surface area contributed by atoms with E-state index in [1.165, 1.54) is 4.90 Å². The number of benzene rings is 2. The third kappa shape index (κ3) is 3.14. The van der Waals surface area contributed by atoms with E-state index in [1.807, 2.05) is 31.2 Å². The second-order valence-corrected chi connectivity index (χ2v) is 8.37. The minimum absolute atomic E-state index is 0.116. The van der Waals surface area contributed by atoms with Crippen molar-refractivity contribution in [1.82, 2.24) is 0 Å². The lowest BCUT2D eigenvalue weighted by molar-refractivity contribution is -0.123. The van der Waals surface area contributed by atoms with Crippen molar-refractivity contribution >= 4 is 17.4 Å². The molecule has 29 heavy (non-hydrogen) atoms. The Bertz CT molecular complexity index is 1050. The Kier molecular flexibility index (Phi) is 4.37. The standard InChI is InChI=1S/C23H23NO5/c1-13-6-5-7-14(10-13)19-18(21(26)23(2,3)4)20(25)22(27)24(19)15-8-9-16-17(11-15)29-12-28-16/h5-11,19,25H,12H2,1-4H3. The number of aliphatic hydroxyl groups is 1. The number of carbonyl (C=O) groups is 2. The average Bonchev–Trinajstić information content (AvgIpc) is 3.23. The second kappa shape index (κ2) is 6.65. The van der Waals surface area contributed by atoms with Crippen molar-refractivity contribution < 1.29 is 24.2 Å². The normalized spacial score (nSPS) is 18.6. The van der Waals surface area contributed by atoms with Gasteiger partial charge < -0.3 is 14.6 Å². The molecule has 1 N–H and O–H groups in total. The van der Waals surface area contributed by atoms with Crippen LogP contribution in [0.2, 0.25) is 0 Å². The zero-order valence-corrected chi connectivity index (χ0v) is 16.9. The molecule has 1 unspecified atom stereocenters. The first-order chi connectivity index (χ1) is 13.7. The van der Waals surface area contributed by atoms with Gasteiger partial charge in [-0.2, -0.15) is 0 Å². The SMILES string of the molecule is Cc1cccc(C2C(C(=O)C(C)(C)C)=C(O)C(=O)N2c2ccc3c(c2)OCO3)c1.